The molecule has 1 aromatic rings. The van der Waals surface area contributed by atoms with Gasteiger partial charge >= 0.3 is 0 Å². The number of nitrogens with one attached hydrogen (secondary N) is 1. The summed E-state index contributed by atoms with van der Waals surface area (Å²) in [4.78, 5) is 11.8. The van der Waals surface area contributed by atoms with E-state index in [1.54, 1.807) is 10.9 Å². The Balaban J connectivity index is 2.33. The molecule has 0 aliphatic rings. The average Bonchev–Trinajstić information content (AvgIpc) is 2.84. The maximum atomic E-state index is 11.8. The quantitative estimate of drug-likeness (QED) is 0.720. The van der Waals surface area contributed by atoms with Gasteiger partial charge < -0.3 is 11.1 Å². The monoisotopic (exact) mass is 266 g/mol. The molecule has 0 aliphatic heterocycles. The summed E-state index contributed by atoms with van der Waals surface area (Å²) < 4.78 is 1.80. The lowest BCUT2D eigenvalue weighted by Gasteiger charge is -2.14. The highest BCUT2D eigenvalue weighted by Gasteiger charge is 2.10. The van der Waals surface area contributed by atoms with Gasteiger partial charge in [-0.1, -0.05) is 19.8 Å². The van der Waals surface area contributed by atoms with Crippen LogP contribution in [-0.2, 0) is 11.3 Å². The summed E-state index contributed by atoms with van der Waals surface area (Å²) in [7, 11) is 0. The second-order valence-electron chi connectivity index (χ2n) is 4.90. The Kier molecular flexibility index (Phi) is 7.18. The smallest absolute Gasteiger partial charge is 0.224 e. The molecule has 1 heterocycles. The first kappa shape index (κ1) is 15.7. The van der Waals surface area contributed by atoms with Gasteiger partial charge in [0.05, 0.1) is 11.9 Å². The van der Waals surface area contributed by atoms with Crippen LogP contribution in [0.3, 0.4) is 0 Å². The number of nitrogens with zero attached hydrogens (tertiary/aromatic N) is 2. The molecule has 1 unspecified atom stereocenters. The molecule has 0 fully saturated rings. The van der Waals surface area contributed by atoms with Crippen molar-refractivity contribution >= 4 is 11.6 Å². The van der Waals surface area contributed by atoms with E-state index in [-0.39, 0.29) is 5.91 Å². The van der Waals surface area contributed by atoms with E-state index < -0.39 is 0 Å². The fourth-order valence-electron chi connectivity index (χ4n) is 2.24. The van der Waals surface area contributed by atoms with Crippen LogP contribution < -0.4 is 11.1 Å². The van der Waals surface area contributed by atoms with Crippen LogP contribution in [0.15, 0.2) is 12.4 Å². The summed E-state index contributed by atoms with van der Waals surface area (Å²) in [5, 5.41) is 7.01. The summed E-state index contributed by atoms with van der Waals surface area (Å²) >= 11 is 0. The molecule has 1 aromatic heterocycles. The van der Waals surface area contributed by atoms with Crippen LogP contribution in [0.25, 0.3) is 0 Å². The first-order chi connectivity index (χ1) is 9.19. The number of nitrogens with two attached hydrogens (primary N) is 1. The minimum Gasteiger partial charge on any atom is -0.330 e. The number of amides is 1. The molecule has 0 bridgehead atoms. The van der Waals surface area contributed by atoms with Gasteiger partial charge in [-0.2, -0.15) is 5.10 Å². The van der Waals surface area contributed by atoms with Crippen LogP contribution in [0.5, 0.6) is 0 Å². The number of rotatable bonds is 9. The lowest BCUT2D eigenvalue weighted by Crippen LogP contribution is -2.15. The molecule has 0 aliphatic carbocycles. The van der Waals surface area contributed by atoms with Crippen LogP contribution >= 0.6 is 0 Å². The normalized spacial score (nSPS) is 12.4. The summed E-state index contributed by atoms with van der Waals surface area (Å²) in [6.07, 6.45) is 8.32. The standard InChI is InChI=1S/C14H26N4O/c1-3-5-12(8-9-15)6-7-14(19)17-13-10-16-18(4-2)11-13/h10-12H,3-9,15H2,1-2H3,(H,17,19). The fraction of sp³-hybridized carbons (Fsp3) is 0.714. The third-order valence-electron chi connectivity index (χ3n) is 3.29. The van der Waals surface area contributed by atoms with Gasteiger partial charge in [-0.3, -0.25) is 9.48 Å². The van der Waals surface area contributed by atoms with E-state index in [9.17, 15) is 4.79 Å². The predicted octanol–water partition coefficient (Wildman–Crippen LogP) is 2.39. The van der Waals surface area contributed by atoms with Gasteiger partial charge in [0.2, 0.25) is 5.91 Å². The van der Waals surface area contributed by atoms with Gasteiger partial charge in [-0.05, 0) is 32.2 Å². The van der Waals surface area contributed by atoms with Crippen molar-refractivity contribution in [3.63, 3.8) is 0 Å². The Morgan fingerprint density at radius 3 is 2.79 bits per heavy atom. The largest absolute Gasteiger partial charge is 0.330 e. The van der Waals surface area contributed by atoms with Gasteiger partial charge in [-0.15, -0.1) is 0 Å². The Morgan fingerprint density at radius 2 is 2.21 bits per heavy atom. The molecule has 108 valence electrons. The number of hydrogen-bond donors (Lipinski definition) is 2. The first-order valence-electron chi connectivity index (χ1n) is 7.21. The third kappa shape index (κ3) is 5.87. The molecule has 0 spiro atoms. The minimum absolute atomic E-state index is 0.0637. The maximum absolute atomic E-state index is 11.8. The van der Waals surface area contributed by atoms with Crippen molar-refractivity contribution in [3.8, 4) is 0 Å². The number of aryl methyl sites for hydroxylation is 1. The second kappa shape index (κ2) is 8.69. The van der Waals surface area contributed by atoms with Crippen LogP contribution in [0, 0.1) is 5.92 Å². The summed E-state index contributed by atoms with van der Waals surface area (Å²) in [5.41, 5.74) is 6.37. The van der Waals surface area contributed by atoms with Crippen LogP contribution in [0.4, 0.5) is 5.69 Å². The Labute approximate surface area is 115 Å². The lowest BCUT2D eigenvalue weighted by molar-refractivity contribution is -0.116. The fourth-order valence-corrected chi connectivity index (χ4v) is 2.24. The molecule has 5 heteroatoms. The zero-order valence-electron chi connectivity index (χ0n) is 12.1. The van der Waals surface area contributed by atoms with Crippen molar-refractivity contribution < 1.29 is 4.79 Å². The van der Waals surface area contributed by atoms with Crippen molar-refractivity contribution in [3.05, 3.63) is 12.4 Å². The van der Waals surface area contributed by atoms with E-state index >= 15 is 0 Å². The van der Waals surface area contributed by atoms with Gasteiger partial charge in [0.1, 0.15) is 0 Å². The molecule has 1 amide bonds. The SMILES string of the molecule is CCCC(CCN)CCC(=O)Nc1cnn(CC)c1. The summed E-state index contributed by atoms with van der Waals surface area (Å²) in [5.74, 6) is 0.632. The van der Waals surface area contributed by atoms with Crippen molar-refractivity contribution in [2.24, 2.45) is 11.7 Å². The van der Waals surface area contributed by atoms with Crippen LogP contribution in [-0.4, -0.2) is 22.2 Å². The molecular weight excluding hydrogens is 240 g/mol. The molecular formula is C14H26N4O. The molecule has 0 saturated carbocycles. The van der Waals surface area contributed by atoms with Crippen LogP contribution in [0.2, 0.25) is 0 Å². The highest BCUT2D eigenvalue weighted by molar-refractivity contribution is 5.90. The number of hydrogen-bond acceptors (Lipinski definition) is 3. The molecule has 0 saturated heterocycles. The van der Waals surface area contributed by atoms with E-state index in [4.69, 9.17) is 5.73 Å². The Bertz CT molecular complexity index is 369. The van der Waals surface area contributed by atoms with Crippen LogP contribution in [0.1, 0.15) is 46.0 Å². The van der Waals surface area contributed by atoms with Crippen molar-refractivity contribution in [2.75, 3.05) is 11.9 Å². The molecule has 1 atom stereocenters. The maximum Gasteiger partial charge on any atom is 0.224 e. The predicted molar refractivity (Wildman–Crippen MR) is 77.8 cm³/mol. The number of carbonyl (C=O) groups excluding carboxylic acids is 1. The molecule has 0 radical (unpaired) electrons. The van der Waals surface area contributed by atoms with E-state index in [1.165, 1.54) is 0 Å². The number of aromatic nitrogens is 2. The van der Waals surface area contributed by atoms with Crippen molar-refractivity contribution in [1.82, 2.24) is 9.78 Å². The van der Waals surface area contributed by atoms with Crippen molar-refractivity contribution in [2.45, 2.75) is 52.5 Å². The van der Waals surface area contributed by atoms with E-state index in [2.05, 4.69) is 17.3 Å². The third-order valence-corrected chi connectivity index (χ3v) is 3.29. The molecule has 5 nitrogen and oxygen atoms in total. The average molecular weight is 266 g/mol. The topological polar surface area (TPSA) is 72.9 Å². The molecule has 0 aromatic carbocycles. The zero-order chi connectivity index (χ0) is 14.1. The van der Waals surface area contributed by atoms with Gasteiger partial charge in [-0.25, -0.2) is 0 Å². The molecule has 1 rings (SSSR count). The highest BCUT2D eigenvalue weighted by atomic mass is 16.1. The minimum atomic E-state index is 0.0637. The van der Waals surface area contributed by atoms with Gasteiger partial charge in [0, 0.05) is 19.2 Å². The molecule has 19 heavy (non-hydrogen) atoms. The van der Waals surface area contributed by atoms with Gasteiger partial charge in [0.25, 0.3) is 0 Å². The van der Waals surface area contributed by atoms with E-state index in [0.717, 1.165) is 37.9 Å². The number of carbonyl (C=O) groups is 1. The zero-order valence-corrected chi connectivity index (χ0v) is 12.1. The summed E-state index contributed by atoms with van der Waals surface area (Å²) in [6.45, 7) is 5.70. The first-order valence-corrected chi connectivity index (χ1v) is 7.21. The second-order valence-corrected chi connectivity index (χ2v) is 4.90. The lowest BCUT2D eigenvalue weighted by atomic mass is 9.94. The van der Waals surface area contributed by atoms with E-state index in [0.29, 0.717) is 18.9 Å². The van der Waals surface area contributed by atoms with E-state index in [1.807, 2.05) is 13.1 Å². The van der Waals surface area contributed by atoms with Gasteiger partial charge in [0.15, 0.2) is 0 Å². The Morgan fingerprint density at radius 1 is 1.42 bits per heavy atom. The summed E-state index contributed by atoms with van der Waals surface area (Å²) in [6, 6.07) is 0. The Hall–Kier alpha value is -1.36. The van der Waals surface area contributed by atoms with Crippen molar-refractivity contribution in [1.29, 1.82) is 0 Å². The molecule has 3 N–H and O–H groups in total. The number of anilines is 1. The highest BCUT2D eigenvalue weighted by Crippen LogP contribution is 2.17.